The molecule has 0 unspecified atom stereocenters. The van der Waals surface area contributed by atoms with Crippen LogP contribution in [0.5, 0.6) is 0 Å². The Hall–Kier alpha value is -2.37. The van der Waals surface area contributed by atoms with Crippen molar-refractivity contribution in [2.45, 2.75) is 27.3 Å². The molecule has 0 amide bonds. The Morgan fingerprint density at radius 3 is 2.58 bits per heavy atom. The van der Waals surface area contributed by atoms with Gasteiger partial charge in [0.2, 0.25) is 0 Å². The Morgan fingerprint density at radius 1 is 1.37 bits per heavy atom. The Kier molecular flexibility index (Phi) is 3.25. The highest BCUT2D eigenvalue weighted by molar-refractivity contribution is 5.88. The Balaban J connectivity index is 2.40. The number of carbonyl (C=O) groups is 1. The van der Waals surface area contributed by atoms with Crippen LogP contribution < -0.4 is 5.69 Å². The van der Waals surface area contributed by atoms with Crippen LogP contribution in [-0.4, -0.2) is 20.6 Å². The number of carboxylic acid groups (broad SMARTS) is 1. The molecule has 0 atom stereocenters. The first-order valence-electron chi connectivity index (χ1n) is 5.76. The summed E-state index contributed by atoms with van der Waals surface area (Å²) >= 11 is 0. The molecule has 0 saturated carbocycles. The normalized spacial score (nSPS) is 10.7. The zero-order chi connectivity index (χ0) is 14.2. The molecule has 1 N–H and O–H groups in total. The van der Waals surface area contributed by atoms with Crippen molar-refractivity contribution < 1.29 is 14.3 Å². The lowest BCUT2D eigenvalue weighted by molar-refractivity contribution is 0.0695. The van der Waals surface area contributed by atoms with Crippen molar-refractivity contribution in [3.05, 3.63) is 51.1 Å². The Bertz CT molecular complexity index is 697. The van der Waals surface area contributed by atoms with Crippen LogP contribution in [0.2, 0.25) is 0 Å². The zero-order valence-corrected chi connectivity index (χ0v) is 10.9. The first-order chi connectivity index (χ1) is 8.88. The summed E-state index contributed by atoms with van der Waals surface area (Å²) in [4.78, 5) is 26.6. The largest absolute Gasteiger partial charge is 0.478 e. The van der Waals surface area contributed by atoms with Gasteiger partial charge in [0.1, 0.15) is 17.1 Å². The average Bonchev–Trinajstić information content (AvgIpc) is 2.65. The van der Waals surface area contributed by atoms with Gasteiger partial charge in [-0.25, -0.2) is 9.59 Å². The quantitative estimate of drug-likeness (QED) is 0.906. The summed E-state index contributed by atoms with van der Waals surface area (Å²) in [6, 6.07) is 3.22. The van der Waals surface area contributed by atoms with E-state index in [1.54, 1.807) is 26.8 Å². The molecule has 19 heavy (non-hydrogen) atoms. The minimum atomic E-state index is -1.04. The molecule has 2 aromatic heterocycles. The van der Waals surface area contributed by atoms with Crippen molar-refractivity contribution in [1.82, 2.24) is 9.55 Å². The second-order valence-corrected chi connectivity index (χ2v) is 4.40. The summed E-state index contributed by atoms with van der Waals surface area (Å²) in [5.41, 5.74) is 1.15. The van der Waals surface area contributed by atoms with Crippen LogP contribution in [0, 0.1) is 20.8 Å². The fraction of sp³-hybridized carbons (Fsp3) is 0.308. The van der Waals surface area contributed by atoms with Crippen LogP contribution in [0.15, 0.2) is 21.3 Å². The van der Waals surface area contributed by atoms with Gasteiger partial charge in [0.05, 0.1) is 6.54 Å². The molecule has 0 radical (unpaired) electrons. The van der Waals surface area contributed by atoms with E-state index in [9.17, 15) is 9.59 Å². The van der Waals surface area contributed by atoms with E-state index < -0.39 is 5.97 Å². The Labute approximate surface area is 109 Å². The number of carboxylic acids is 1. The summed E-state index contributed by atoms with van der Waals surface area (Å²) in [5.74, 6) is -0.294. The monoisotopic (exact) mass is 262 g/mol. The highest BCUT2D eigenvalue weighted by Gasteiger charge is 2.15. The number of aromatic nitrogens is 2. The van der Waals surface area contributed by atoms with Gasteiger partial charge in [-0.3, -0.25) is 4.57 Å². The molecule has 100 valence electrons. The van der Waals surface area contributed by atoms with Gasteiger partial charge in [-0.2, -0.15) is 4.98 Å². The van der Waals surface area contributed by atoms with E-state index in [-0.39, 0.29) is 17.8 Å². The summed E-state index contributed by atoms with van der Waals surface area (Å²) < 4.78 is 6.79. The number of hydrogen-bond donors (Lipinski definition) is 1. The summed E-state index contributed by atoms with van der Waals surface area (Å²) in [5, 5.41) is 8.95. The van der Waals surface area contributed by atoms with Crippen molar-refractivity contribution in [3.8, 4) is 0 Å². The third kappa shape index (κ3) is 2.57. The number of hydrogen-bond acceptors (Lipinski definition) is 4. The summed E-state index contributed by atoms with van der Waals surface area (Å²) in [6.45, 7) is 5.30. The minimum Gasteiger partial charge on any atom is -0.478 e. The molecular weight excluding hydrogens is 248 g/mol. The van der Waals surface area contributed by atoms with E-state index in [0.29, 0.717) is 17.2 Å². The van der Waals surface area contributed by atoms with Gasteiger partial charge in [0.25, 0.3) is 0 Å². The second-order valence-electron chi connectivity index (χ2n) is 4.40. The third-order valence-corrected chi connectivity index (χ3v) is 2.86. The van der Waals surface area contributed by atoms with Gasteiger partial charge in [0.15, 0.2) is 0 Å². The smallest absolute Gasteiger partial charge is 0.348 e. The molecule has 0 aliphatic rings. The van der Waals surface area contributed by atoms with Gasteiger partial charge in [-0.1, -0.05) is 0 Å². The van der Waals surface area contributed by atoms with Crippen LogP contribution >= 0.6 is 0 Å². The van der Waals surface area contributed by atoms with Gasteiger partial charge >= 0.3 is 11.7 Å². The zero-order valence-electron chi connectivity index (χ0n) is 10.9. The van der Waals surface area contributed by atoms with Crippen molar-refractivity contribution in [2.24, 2.45) is 0 Å². The first-order valence-corrected chi connectivity index (χ1v) is 5.76. The van der Waals surface area contributed by atoms with Crippen LogP contribution in [0.25, 0.3) is 0 Å². The van der Waals surface area contributed by atoms with Crippen LogP contribution in [0.4, 0.5) is 0 Å². The fourth-order valence-electron chi connectivity index (χ4n) is 1.96. The third-order valence-electron chi connectivity index (χ3n) is 2.86. The molecule has 0 aliphatic carbocycles. The van der Waals surface area contributed by atoms with E-state index in [2.05, 4.69) is 4.98 Å². The molecule has 0 aliphatic heterocycles. The number of nitrogens with zero attached hydrogens (tertiary/aromatic N) is 2. The summed E-state index contributed by atoms with van der Waals surface area (Å²) in [7, 11) is 0. The van der Waals surface area contributed by atoms with Crippen molar-refractivity contribution in [2.75, 3.05) is 0 Å². The predicted octanol–water partition coefficient (Wildman–Crippen LogP) is 1.51. The number of furan rings is 1. The standard InChI is InChI=1S/C13H14N2O4/c1-7-4-8(2)15(13(18)14-7)6-10-5-11(12(16)17)9(3)19-10/h4-5H,6H2,1-3H3,(H,16,17). The highest BCUT2D eigenvalue weighted by atomic mass is 16.4. The lowest BCUT2D eigenvalue weighted by Gasteiger charge is -2.07. The fourth-order valence-corrected chi connectivity index (χ4v) is 1.96. The van der Waals surface area contributed by atoms with Gasteiger partial charge < -0.3 is 9.52 Å². The maximum absolute atomic E-state index is 11.8. The number of aryl methyl sites for hydroxylation is 3. The molecular formula is C13H14N2O4. The second kappa shape index (κ2) is 4.72. The molecule has 0 bridgehead atoms. The van der Waals surface area contributed by atoms with Crippen LogP contribution in [-0.2, 0) is 6.54 Å². The highest BCUT2D eigenvalue weighted by Crippen LogP contribution is 2.15. The number of rotatable bonds is 3. The molecule has 6 heteroatoms. The molecule has 2 aromatic rings. The number of aromatic carboxylic acids is 1. The molecule has 6 nitrogen and oxygen atoms in total. The van der Waals surface area contributed by atoms with Gasteiger partial charge in [-0.15, -0.1) is 0 Å². The predicted molar refractivity (Wildman–Crippen MR) is 67.5 cm³/mol. The van der Waals surface area contributed by atoms with E-state index in [1.807, 2.05) is 0 Å². The van der Waals surface area contributed by atoms with Crippen molar-refractivity contribution in [1.29, 1.82) is 0 Å². The lowest BCUT2D eigenvalue weighted by Crippen LogP contribution is -2.25. The van der Waals surface area contributed by atoms with E-state index in [4.69, 9.17) is 9.52 Å². The minimum absolute atomic E-state index is 0.112. The van der Waals surface area contributed by atoms with E-state index in [1.165, 1.54) is 10.6 Å². The van der Waals surface area contributed by atoms with Crippen LogP contribution in [0.3, 0.4) is 0 Å². The van der Waals surface area contributed by atoms with Gasteiger partial charge in [-0.05, 0) is 32.9 Å². The summed E-state index contributed by atoms with van der Waals surface area (Å²) in [6.07, 6.45) is 0. The lowest BCUT2D eigenvalue weighted by atomic mass is 10.2. The average molecular weight is 262 g/mol. The molecule has 0 fully saturated rings. The molecule has 0 aromatic carbocycles. The SMILES string of the molecule is Cc1cc(C)n(Cc2cc(C(=O)O)c(C)o2)c(=O)n1. The van der Waals surface area contributed by atoms with E-state index >= 15 is 0 Å². The maximum Gasteiger partial charge on any atom is 0.348 e. The van der Waals surface area contributed by atoms with Gasteiger partial charge in [0, 0.05) is 11.4 Å². The molecule has 0 spiro atoms. The van der Waals surface area contributed by atoms with Crippen molar-refractivity contribution >= 4 is 5.97 Å². The molecule has 2 rings (SSSR count). The topological polar surface area (TPSA) is 85.3 Å². The molecule has 0 saturated heterocycles. The Morgan fingerprint density at radius 2 is 2.05 bits per heavy atom. The molecule has 2 heterocycles. The van der Waals surface area contributed by atoms with Crippen molar-refractivity contribution in [3.63, 3.8) is 0 Å². The van der Waals surface area contributed by atoms with Crippen LogP contribution in [0.1, 0.15) is 33.3 Å². The maximum atomic E-state index is 11.8. The first kappa shape index (κ1) is 13.1. The van der Waals surface area contributed by atoms with E-state index in [0.717, 1.165) is 5.69 Å².